The molecule has 1 aromatic heterocycles. The molecule has 3 aromatic rings. The summed E-state index contributed by atoms with van der Waals surface area (Å²) < 4.78 is 2.34. The molecule has 0 spiro atoms. The van der Waals surface area contributed by atoms with Crippen LogP contribution in [0.3, 0.4) is 0 Å². The van der Waals surface area contributed by atoms with Crippen molar-refractivity contribution in [2.75, 3.05) is 6.54 Å². The first kappa shape index (κ1) is 18.0. The van der Waals surface area contributed by atoms with E-state index in [-0.39, 0.29) is 0 Å². The van der Waals surface area contributed by atoms with Gasteiger partial charge in [-0.2, -0.15) is 0 Å². The van der Waals surface area contributed by atoms with Crippen molar-refractivity contribution < 1.29 is 0 Å². The highest BCUT2D eigenvalue weighted by atomic mass is 35.5. The molecule has 1 N–H and O–H groups in total. The highest BCUT2D eigenvalue weighted by Crippen LogP contribution is 2.23. The molecular formula is C22H27ClN2. The first-order chi connectivity index (χ1) is 12.3. The summed E-state index contributed by atoms with van der Waals surface area (Å²) in [4.78, 5) is 0. The molecule has 132 valence electrons. The van der Waals surface area contributed by atoms with E-state index >= 15 is 0 Å². The average Bonchev–Trinajstić information content (AvgIpc) is 2.98. The third-order valence-corrected chi connectivity index (χ3v) is 4.91. The van der Waals surface area contributed by atoms with E-state index in [1.54, 1.807) is 0 Å². The molecule has 0 bridgehead atoms. The van der Waals surface area contributed by atoms with Crippen molar-refractivity contribution in [1.82, 2.24) is 9.88 Å². The van der Waals surface area contributed by atoms with E-state index in [0.717, 1.165) is 24.7 Å². The Bertz CT molecular complexity index is 789. The van der Waals surface area contributed by atoms with Crippen LogP contribution in [0.4, 0.5) is 0 Å². The lowest BCUT2D eigenvalue weighted by atomic mass is 10.1. The number of aromatic nitrogens is 1. The first-order valence-corrected chi connectivity index (χ1v) is 9.67. The summed E-state index contributed by atoms with van der Waals surface area (Å²) in [6.07, 6.45) is 7.50. The molecule has 0 unspecified atom stereocenters. The topological polar surface area (TPSA) is 17.0 Å². The van der Waals surface area contributed by atoms with Crippen LogP contribution in [0.5, 0.6) is 0 Å². The van der Waals surface area contributed by atoms with E-state index in [2.05, 4.69) is 59.4 Å². The van der Waals surface area contributed by atoms with E-state index in [4.69, 9.17) is 11.6 Å². The van der Waals surface area contributed by atoms with Crippen molar-refractivity contribution in [3.63, 3.8) is 0 Å². The molecule has 0 radical (unpaired) electrons. The van der Waals surface area contributed by atoms with Gasteiger partial charge in [0, 0.05) is 35.2 Å². The minimum absolute atomic E-state index is 0.786. The number of nitrogens with zero attached hydrogens (tertiary/aromatic N) is 1. The van der Waals surface area contributed by atoms with Gasteiger partial charge in [0.05, 0.1) is 0 Å². The van der Waals surface area contributed by atoms with Crippen LogP contribution in [-0.4, -0.2) is 11.1 Å². The largest absolute Gasteiger partial charge is 0.343 e. The maximum atomic E-state index is 6.00. The van der Waals surface area contributed by atoms with Crippen molar-refractivity contribution in [1.29, 1.82) is 0 Å². The minimum atomic E-state index is 0.786. The van der Waals surface area contributed by atoms with Crippen LogP contribution in [0.15, 0.2) is 54.7 Å². The van der Waals surface area contributed by atoms with Crippen molar-refractivity contribution in [3.05, 3.63) is 70.9 Å². The number of hydrogen-bond donors (Lipinski definition) is 1. The molecule has 2 aromatic carbocycles. The molecule has 0 aliphatic carbocycles. The molecule has 3 heteroatoms. The zero-order valence-electron chi connectivity index (χ0n) is 15.0. The summed E-state index contributed by atoms with van der Waals surface area (Å²) in [5, 5.41) is 5.74. The fraction of sp³-hybridized carbons (Fsp3) is 0.364. The van der Waals surface area contributed by atoms with Gasteiger partial charge in [0.25, 0.3) is 0 Å². The lowest BCUT2D eigenvalue weighted by Gasteiger charge is -2.05. The maximum absolute atomic E-state index is 6.00. The van der Waals surface area contributed by atoms with Gasteiger partial charge in [0.15, 0.2) is 0 Å². The third-order valence-electron chi connectivity index (χ3n) is 4.66. The van der Waals surface area contributed by atoms with Gasteiger partial charge in [0.2, 0.25) is 0 Å². The number of para-hydroxylation sites is 1. The lowest BCUT2D eigenvalue weighted by molar-refractivity contribution is 0.598. The molecule has 25 heavy (non-hydrogen) atoms. The summed E-state index contributed by atoms with van der Waals surface area (Å²) in [7, 11) is 0. The fourth-order valence-corrected chi connectivity index (χ4v) is 3.41. The van der Waals surface area contributed by atoms with Crippen LogP contribution in [-0.2, 0) is 13.1 Å². The van der Waals surface area contributed by atoms with Crippen LogP contribution in [0, 0.1) is 0 Å². The predicted octanol–water partition coefficient (Wildman–Crippen LogP) is 6.01. The second-order valence-electron chi connectivity index (χ2n) is 6.66. The normalized spacial score (nSPS) is 11.3. The summed E-state index contributed by atoms with van der Waals surface area (Å²) in [6, 6.07) is 16.8. The number of fused-ring (bicyclic) bond motifs is 1. The first-order valence-electron chi connectivity index (χ1n) is 9.30. The van der Waals surface area contributed by atoms with E-state index in [1.165, 1.54) is 47.7 Å². The summed E-state index contributed by atoms with van der Waals surface area (Å²) >= 11 is 6.00. The van der Waals surface area contributed by atoms with Gasteiger partial charge in [-0.1, -0.05) is 68.1 Å². The van der Waals surface area contributed by atoms with E-state index in [9.17, 15) is 0 Å². The Kier molecular flexibility index (Phi) is 6.55. The van der Waals surface area contributed by atoms with Gasteiger partial charge in [-0.05, 0) is 42.3 Å². The standard InChI is InChI=1S/C22H27ClN2/c1-2-3-4-7-14-24-15-19-17-25(22-9-6-5-8-21(19)22)16-18-10-12-20(23)13-11-18/h5-6,8-13,17,24H,2-4,7,14-16H2,1H3. The smallest absolute Gasteiger partial charge is 0.0486 e. The number of nitrogens with one attached hydrogen (secondary N) is 1. The highest BCUT2D eigenvalue weighted by molar-refractivity contribution is 6.30. The van der Waals surface area contributed by atoms with Gasteiger partial charge in [0.1, 0.15) is 0 Å². The van der Waals surface area contributed by atoms with E-state index < -0.39 is 0 Å². The molecule has 0 atom stereocenters. The van der Waals surface area contributed by atoms with Crippen LogP contribution < -0.4 is 5.32 Å². The third kappa shape index (κ3) is 4.87. The number of benzene rings is 2. The number of halogens is 1. The molecule has 2 nitrogen and oxygen atoms in total. The van der Waals surface area contributed by atoms with Gasteiger partial charge in [-0.25, -0.2) is 0 Å². The van der Waals surface area contributed by atoms with Crippen molar-refractivity contribution in [2.45, 2.75) is 45.7 Å². The van der Waals surface area contributed by atoms with Gasteiger partial charge in [-0.3, -0.25) is 0 Å². The molecule has 1 heterocycles. The fourth-order valence-electron chi connectivity index (χ4n) is 3.28. The van der Waals surface area contributed by atoms with E-state index in [1.807, 2.05) is 12.1 Å². The zero-order valence-corrected chi connectivity index (χ0v) is 15.7. The zero-order chi connectivity index (χ0) is 17.5. The second-order valence-corrected chi connectivity index (χ2v) is 7.10. The summed E-state index contributed by atoms with van der Waals surface area (Å²) in [5.74, 6) is 0. The molecule has 0 saturated carbocycles. The molecular weight excluding hydrogens is 328 g/mol. The molecule has 0 aliphatic heterocycles. The van der Waals surface area contributed by atoms with Gasteiger partial charge >= 0.3 is 0 Å². The Labute approximate surface area is 155 Å². The minimum Gasteiger partial charge on any atom is -0.343 e. The molecule has 0 aliphatic rings. The molecule has 0 fully saturated rings. The van der Waals surface area contributed by atoms with Crippen LogP contribution in [0.2, 0.25) is 5.02 Å². The number of rotatable bonds is 9. The maximum Gasteiger partial charge on any atom is 0.0486 e. The Hall–Kier alpha value is -1.77. The summed E-state index contributed by atoms with van der Waals surface area (Å²) in [6.45, 7) is 5.15. The van der Waals surface area contributed by atoms with Gasteiger partial charge in [-0.15, -0.1) is 0 Å². The molecule has 0 saturated heterocycles. The highest BCUT2D eigenvalue weighted by Gasteiger charge is 2.08. The average molecular weight is 355 g/mol. The van der Waals surface area contributed by atoms with Crippen LogP contribution in [0.1, 0.15) is 43.7 Å². The second kappa shape index (κ2) is 9.07. The van der Waals surface area contributed by atoms with E-state index in [0.29, 0.717) is 0 Å². The predicted molar refractivity (Wildman–Crippen MR) is 108 cm³/mol. The van der Waals surface area contributed by atoms with Crippen molar-refractivity contribution >= 4 is 22.5 Å². The van der Waals surface area contributed by atoms with Gasteiger partial charge < -0.3 is 9.88 Å². The van der Waals surface area contributed by atoms with Crippen molar-refractivity contribution in [2.24, 2.45) is 0 Å². The lowest BCUT2D eigenvalue weighted by Crippen LogP contribution is -2.14. The monoisotopic (exact) mass is 354 g/mol. The quantitative estimate of drug-likeness (QED) is 0.465. The number of unbranched alkanes of at least 4 members (excludes halogenated alkanes) is 3. The van der Waals surface area contributed by atoms with Crippen LogP contribution >= 0.6 is 11.6 Å². The molecule has 3 rings (SSSR count). The number of hydrogen-bond acceptors (Lipinski definition) is 1. The Balaban J connectivity index is 1.70. The van der Waals surface area contributed by atoms with Crippen molar-refractivity contribution in [3.8, 4) is 0 Å². The Morgan fingerprint density at radius 1 is 0.960 bits per heavy atom. The Morgan fingerprint density at radius 2 is 1.76 bits per heavy atom. The molecule has 0 amide bonds. The summed E-state index contributed by atoms with van der Waals surface area (Å²) in [5.41, 5.74) is 3.93. The SMILES string of the molecule is CCCCCCNCc1cn(Cc2ccc(Cl)cc2)c2ccccc12. The Morgan fingerprint density at radius 3 is 2.56 bits per heavy atom. The van der Waals surface area contributed by atoms with Crippen LogP contribution in [0.25, 0.3) is 10.9 Å².